The van der Waals surface area contributed by atoms with Crippen molar-refractivity contribution in [1.29, 1.82) is 0 Å². The fourth-order valence-corrected chi connectivity index (χ4v) is 0.123. The van der Waals surface area contributed by atoms with Crippen LogP contribution in [0.4, 0.5) is 0 Å². The average molecular weight is 205 g/mol. The summed E-state index contributed by atoms with van der Waals surface area (Å²) in [5, 5.41) is 15.6. The van der Waals surface area contributed by atoms with Crippen LogP contribution in [0.5, 0.6) is 0 Å². The molecule has 0 fully saturated rings. The molecule has 0 unspecified atom stereocenters. The first-order valence-electron chi connectivity index (χ1n) is 4.16. The molecular weight excluding hydrogens is 186 g/mol. The second-order valence-electron chi connectivity index (χ2n) is 2.09. The Bertz CT molecular complexity index is 157. The van der Waals surface area contributed by atoms with Crippen molar-refractivity contribution < 1.29 is 19.8 Å². The molecule has 14 heavy (non-hydrogen) atoms. The molecule has 0 saturated carbocycles. The van der Waals surface area contributed by atoms with Gasteiger partial charge in [-0.3, -0.25) is 9.59 Å². The maximum absolute atomic E-state index is 9.52. The molecule has 0 spiro atoms. The molecule has 5 nitrogen and oxygen atoms in total. The Kier molecular flexibility index (Phi) is 23.2. The van der Waals surface area contributed by atoms with Gasteiger partial charge in [-0.25, -0.2) is 0 Å². The van der Waals surface area contributed by atoms with Crippen molar-refractivity contribution in [1.82, 2.24) is 0 Å². The van der Waals surface area contributed by atoms with Crippen LogP contribution in [-0.4, -0.2) is 28.7 Å². The van der Waals surface area contributed by atoms with Crippen LogP contribution in [0.1, 0.15) is 26.7 Å². The quantitative estimate of drug-likeness (QED) is 0.599. The van der Waals surface area contributed by atoms with Gasteiger partial charge in [0.05, 0.1) is 6.42 Å². The second kappa shape index (κ2) is 17.7. The molecule has 0 radical (unpaired) electrons. The van der Waals surface area contributed by atoms with Crippen molar-refractivity contribution in [3.05, 3.63) is 12.7 Å². The summed E-state index contributed by atoms with van der Waals surface area (Å²) in [6, 6.07) is 0. The predicted octanol–water partition coefficient (Wildman–Crippen LogP) is 1.09. The smallest absolute Gasteiger partial charge is 0.304 e. The third-order valence-electron chi connectivity index (χ3n) is 0.661. The maximum atomic E-state index is 9.52. The lowest BCUT2D eigenvalue weighted by molar-refractivity contribution is -0.137. The first kappa shape index (κ1) is 18.4. The SMILES string of the molecule is C=CC.CCC(=O)O.NCCC(=O)O. The topological polar surface area (TPSA) is 101 Å². The molecule has 0 aromatic heterocycles. The van der Waals surface area contributed by atoms with Gasteiger partial charge in [0.15, 0.2) is 0 Å². The number of hydrogen-bond donors (Lipinski definition) is 3. The summed E-state index contributed by atoms with van der Waals surface area (Å²) in [6.07, 6.45) is 2.04. The van der Waals surface area contributed by atoms with Gasteiger partial charge in [0, 0.05) is 13.0 Å². The summed E-state index contributed by atoms with van der Waals surface area (Å²) in [6.45, 7) is 7.08. The molecule has 0 saturated heterocycles. The number of allylic oxidation sites excluding steroid dienone is 1. The van der Waals surface area contributed by atoms with Crippen molar-refractivity contribution in [3.63, 3.8) is 0 Å². The average Bonchev–Trinajstić information content (AvgIpc) is 2.06. The Balaban J connectivity index is -0.000000138. The van der Waals surface area contributed by atoms with Crippen molar-refractivity contribution >= 4 is 11.9 Å². The minimum Gasteiger partial charge on any atom is -0.481 e. The number of carboxylic acids is 2. The van der Waals surface area contributed by atoms with E-state index < -0.39 is 11.9 Å². The molecule has 0 aliphatic heterocycles. The van der Waals surface area contributed by atoms with Crippen LogP contribution in [0.3, 0.4) is 0 Å². The first-order chi connectivity index (χ1) is 6.45. The molecule has 4 N–H and O–H groups in total. The van der Waals surface area contributed by atoms with Crippen molar-refractivity contribution in [2.75, 3.05) is 6.54 Å². The summed E-state index contributed by atoms with van der Waals surface area (Å²) < 4.78 is 0. The van der Waals surface area contributed by atoms with E-state index in [0.717, 1.165) is 0 Å². The number of carbonyl (C=O) groups is 2. The summed E-state index contributed by atoms with van der Waals surface area (Å²) >= 11 is 0. The van der Waals surface area contributed by atoms with Crippen molar-refractivity contribution in [2.45, 2.75) is 26.7 Å². The van der Waals surface area contributed by atoms with E-state index in [1.54, 1.807) is 13.0 Å². The fraction of sp³-hybridized carbons (Fsp3) is 0.556. The van der Waals surface area contributed by atoms with E-state index in [0.29, 0.717) is 0 Å². The summed E-state index contributed by atoms with van der Waals surface area (Å²) in [5.41, 5.74) is 4.85. The van der Waals surface area contributed by atoms with E-state index in [4.69, 9.17) is 15.9 Å². The summed E-state index contributed by atoms with van der Waals surface area (Å²) in [7, 11) is 0. The molecule has 0 aromatic rings. The van der Waals surface area contributed by atoms with Crippen LogP contribution in [0.2, 0.25) is 0 Å². The minimum atomic E-state index is -0.836. The summed E-state index contributed by atoms with van der Waals surface area (Å²) in [5.74, 6) is -1.58. The van der Waals surface area contributed by atoms with Crippen LogP contribution >= 0.6 is 0 Å². The minimum absolute atomic E-state index is 0.0694. The van der Waals surface area contributed by atoms with E-state index in [1.807, 2.05) is 6.92 Å². The molecule has 0 atom stereocenters. The highest BCUT2D eigenvalue weighted by atomic mass is 16.4. The molecular formula is C9H19NO4. The van der Waals surface area contributed by atoms with Gasteiger partial charge >= 0.3 is 11.9 Å². The fourth-order valence-electron chi connectivity index (χ4n) is 0.123. The van der Waals surface area contributed by atoms with Crippen molar-refractivity contribution in [2.24, 2.45) is 5.73 Å². The van der Waals surface area contributed by atoms with E-state index in [2.05, 4.69) is 6.58 Å². The third kappa shape index (κ3) is 74.6. The second-order valence-corrected chi connectivity index (χ2v) is 2.09. The zero-order valence-electron chi connectivity index (χ0n) is 8.69. The molecule has 0 aliphatic rings. The highest BCUT2D eigenvalue weighted by molar-refractivity contribution is 5.66. The lowest BCUT2D eigenvalue weighted by atomic mass is 10.5. The van der Waals surface area contributed by atoms with E-state index in [9.17, 15) is 9.59 Å². The zero-order valence-corrected chi connectivity index (χ0v) is 8.69. The van der Waals surface area contributed by atoms with Gasteiger partial charge in [0.25, 0.3) is 0 Å². The highest BCUT2D eigenvalue weighted by Crippen LogP contribution is 1.67. The monoisotopic (exact) mass is 205 g/mol. The largest absolute Gasteiger partial charge is 0.481 e. The Labute approximate surface area is 84.2 Å². The van der Waals surface area contributed by atoms with Gasteiger partial charge in [-0.2, -0.15) is 0 Å². The molecule has 0 aromatic carbocycles. The lowest BCUT2D eigenvalue weighted by Crippen LogP contribution is -2.05. The Morgan fingerprint density at radius 2 is 1.64 bits per heavy atom. The standard InChI is InChI=1S/C3H7NO2.C3H6O2.C3H6/c4-2-1-3(5)6;1-2-3(4)5;1-3-2/h1-2,4H2,(H,5,6);2H2,1H3,(H,4,5);3H,1H2,2H3. The Morgan fingerprint density at radius 1 is 1.36 bits per heavy atom. The number of nitrogens with two attached hydrogens (primary N) is 1. The van der Waals surface area contributed by atoms with Gasteiger partial charge in [-0.15, -0.1) is 6.58 Å². The van der Waals surface area contributed by atoms with Gasteiger partial charge < -0.3 is 15.9 Å². The van der Waals surface area contributed by atoms with Gasteiger partial charge in [-0.1, -0.05) is 13.0 Å². The van der Waals surface area contributed by atoms with Gasteiger partial charge in [0.1, 0.15) is 0 Å². The number of aliphatic carboxylic acids is 2. The predicted molar refractivity (Wildman–Crippen MR) is 55.1 cm³/mol. The van der Waals surface area contributed by atoms with Gasteiger partial charge in [0.2, 0.25) is 0 Å². The highest BCUT2D eigenvalue weighted by Gasteiger charge is 1.87. The number of carboxylic acid groups (broad SMARTS) is 2. The molecule has 0 amide bonds. The molecule has 5 heteroatoms. The zero-order chi connectivity index (χ0) is 12.0. The number of rotatable bonds is 3. The van der Waals surface area contributed by atoms with Crippen LogP contribution < -0.4 is 5.73 Å². The maximum Gasteiger partial charge on any atom is 0.304 e. The van der Waals surface area contributed by atoms with Crippen LogP contribution in [-0.2, 0) is 9.59 Å². The van der Waals surface area contributed by atoms with Crippen LogP contribution in [0.25, 0.3) is 0 Å². The normalized spacial score (nSPS) is 7.07. The van der Waals surface area contributed by atoms with Crippen LogP contribution in [0.15, 0.2) is 12.7 Å². The van der Waals surface area contributed by atoms with Gasteiger partial charge in [-0.05, 0) is 6.92 Å². The van der Waals surface area contributed by atoms with Crippen LogP contribution in [0, 0.1) is 0 Å². The Hall–Kier alpha value is -1.36. The lowest BCUT2D eigenvalue weighted by Gasteiger charge is -1.80. The van der Waals surface area contributed by atoms with E-state index in [1.165, 1.54) is 0 Å². The molecule has 0 rings (SSSR count). The molecule has 0 heterocycles. The Morgan fingerprint density at radius 3 is 1.64 bits per heavy atom. The third-order valence-corrected chi connectivity index (χ3v) is 0.661. The van der Waals surface area contributed by atoms with Crippen molar-refractivity contribution in [3.8, 4) is 0 Å². The number of hydrogen-bond acceptors (Lipinski definition) is 3. The molecule has 84 valence electrons. The summed E-state index contributed by atoms with van der Waals surface area (Å²) in [4.78, 5) is 18.9. The van der Waals surface area contributed by atoms with E-state index in [-0.39, 0.29) is 19.4 Å². The molecule has 0 aliphatic carbocycles. The molecule has 0 bridgehead atoms. The van der Waals surface area contributed by atoms with E-state index >= 15 is 0 Å². The first-order valence-corrected chi connectivity index (χ1v) is 4.16.